The molecule has 0 bridgehead atoms. The van der Waals surface area contributed by atoms with E-state index in [0.717, 1.165) is 12.8 Å². The molecule has 0 saturated heterocycles. The van der Waals surface area contributed by atoms with Crippen LogP contribution in [0, 0.1) is 11.8 Å². The van der Waals surface area contributed by atoms with Crippen molar-refractivity contribution in [3.8, 4) is 0 Å². The van der Waals surface area contributed by atoms with E-state index in [0.29, 0.717) is 19.0 Å². The molecule has 6 heteroatoms. The van der Waals surface area contributed by atoms with Gasteiger partial charge >= 0.3 is 5.97 Å². The maximum atomic E-state index is 12.0. The number of ether oxygens (including phenoxy) is 1. The van der Waals surface area contributed by atoms with Gasteiger partial charge in [0.25, 0.3) is 0 Å². The molecule has 1 fully saturated rings. The summed E-state index contributed by atoms with van der Waals surface area (Å²) in [5.41, 5.74) is 0. The van der Waals surface area contributed by atoms with E-state index in [1.54, 1.807) is 0 Å². The minimum atomic E-state index is -0.428. The highest BCUT2D eigenvalue weighted by atomic mass is 16.5. The van der Waals surface area contributed by atoms with Gasteiger partial charge in [0.05, 0.1) is 7.11 Å². The molecule has 0 aromatic heterocycles. The predicted molar refractivity (Wildman–Crippen MR) is 73.8 cm³/mol. The predicted octanol–water partition coefficient (Wildman–Crippen LogP) is 0.560. The average Bonchev–Trinajstić information content (AvgIpc) is 3.15. The van der Waals surface area contributed by atoms with Gasteiger partial charge in [-0.2, -0.15) is 0 Å². The molecule has 0 spiro atoms. The fourth-order valence-corrected chi connectivity index (χ4v) is 2.05. The van der Waals surface area contributed by atoms with Crippen LogP contribution in [0.1, 0.15) is 33.1 Å². The number of nitrogens with zero attached hydrogens (tertiary/aromatic N) is 1. The van der Waals surface area contributed by atoms with E-state index in [-0.39, 0.29) is 30.7 Å². The van der Waals surface area contributed by atoms with Crippen molar-refractivity contribution in [1.82, 2.24) is 10.2 Å². The van der Waals surface area contributed by atoms with Gasteiger partial charge in [-0.05, 0) is 18.8 Å². The van der Waals surface area contributed by atoms with Gasteiger partial charge in [0.1, 0.15) is 6.54 Å². The summed E-state index contributed by atoms with van der Waals surface area (Å²) in [6.45, 7) is 4.78. The first kappa shape index (κ1) is 16.5. The molecule has 1 rings (SSSR count). The molecule has 6 nitrogen and oxygen atoms in total. The van der Waals surface area contributed by atoms with Crippen LogP contribution in [0.15, 0.2) is 0 Å². The van der Waals surface area contributed by atoms with Crippen LogP contribution in [0.5, 0.6) is 0 Å². The quantitative estimate of drug-likeness (QED) is 0.661. The fourth-order valence-electron chi connectivity index (χ4n) is 2.05. The van der Waals surface area contributed by atoms with Gasteiger partial charge in [-0.25, -0.2) is 0 Å². The first-order valence-corrected chi connectivity index (χ1v) is 7.11. The van der Waals surface area contributed by atoms with Crippen LogP contribution >= 0.6 is 0 Å². The molecule has 0 radical (unpaired) electrons. The van der Waals surface area contributed by atoms with Crippen molar-refractivity contribution >= 4 is 17.8 Å². The van der Waals surface area contributed by atoms with E-state index >= 15 is 0 Å². The van der Waals surface area contributed by atoms with Gasteiger partial charge in [0.15, 0.2) is 0 Å². The van der Waals surface area contributed by atoms with Crippen molar-refractivity contribution in [3.63, 3.8) is 0 Å². The lowest BCUT2D eigenvalue weighted by Gasteiger charge is -2.20. The van der Waals surface area contributed by atoms with Gasteiger partial charge < -0.3 is 15.0 Å². The Hall–Kier alpha value is -1.59. The number of esters is 1. The summed E-state index contributed by atoms with van der Waals surface area (Å²) in [6, 6.07) is 0. The van der Waals surface area contributed by atoms with Crippen molar-refractivity contribution < 1.29 is 19.1 Å². The summed E-state index contributed by atoms with van der Waals surface area (Å²) in [5, 5.41) is 2.77. The highest BCUT2D eigenvalue weighted by Crippen LogP contribution is 2.37. The summed E-state index contributed by atoms with van der Waals surface area (Å²) >= 11 is 0. The van der Waals surface area contributed by atoms with E-state index in [4.69, 9.17) is 0 Å². The van der Waals surface area contributed by atoms with Gasteiger partial charge in [0.2, 0.25) is 11.8 Å². The lowest BCUT2D eigenvalue weighted by molar-refractivity contribution is -0.147. The molecule has 0 aromatic rings. The molecule has 1 aliphatic rings. The zero-order valence-electron chi connectivity index (χ0n) is 12.5. The number of carbonyl (C=O) groups excluding carboxylic acids is 3. The van der Waals surface area contributed by atoms with E-state index < -0.39 is 5.97 Å². The zero-order chi connectivity index (χ0) is 15.1. The summed E-state index contributed by atoms with van der Waals surface area (Å²) in [4.78, 5) is 36.3. The molecular weight excluding hydrogens is 260 g/mol. The SMILES string of the molecule is CCCN(CC(=O)OC)C(=O)CCNC(=O)C1CC1C. The van der Waals surface area contributed by atoms with Crippen LogP contribution in [0.4, 0.5) is 0 Å². The lowest BCUT2D eigenvalue weighted by Crippen LogP contribution is -2.39. The highest BCUT2D eigenvalue weighted by molar-refractivity contribution is 5.84. The molecule has 1 N–H and O–H groups in total. The molecule has 1 saturated carbocycles. The molecule has 20 heavy (non-hydrogen) atoms. The second kappa shape index (κ2) is 7.87. The minimum absolute atomic E-state index is 0.0281. The second-order valence-corrected chi connectivity index (χ2v) is 5.25. The third-order valence-corrected chi connectivity index (χ3v) is 3.48. The van der Waals surface area contributed by atoms with Crippen LogP contribution < -0.4 is 5.32 Å². The molecule has 0 heterocycles. The molecule has 0 aromatic carbocycles. The topological polar surface area (TPSA) is 75.7 Å². The fraction of sp³-hybridized carbons (Fsp3) is 0.786. The number of rotatable bonds is 8. The van der Waals surface area contributed by atoms with E-state index in [1.165, 1.54) is 12.0 Å². The summed E-state index contributed by atoms with van der Waals surface area (Å²) in [5.74, 6) is 0.0397. The van der Waals surface area contributed by atoms with Crippen molar-refractivity contribution in [2.75, 3.05) is 26.7 Å². The third-order valence-electron chi connectivity index (χ3n) is 3.48. The Bertz CT molecular complexity index is 370. The minimum Gasteiger partial charge on any atom is -0.468 e. The molecule has 1 aliphatic carbocycles. The van der Waals surface area contributed by atoms with Crippen LogP contribution in [0.3, 0.4) is 0 Å². The van der Waals surface area contributed by atoms with Crippen molar-refractivity contribution in [2.45, 2.75) is 33.1 Å². The number of carbonyl (C=O) groups is 3. The van der Waals surface area contributed by atoms with Gasteiger partial charge in [0, 0.05) is 25.4 Å². The number of methoxy groups -OCH3 is 1. The molecule has 114 valence electrons. The monoisotopic (exact) mass is 284 g/mol. The lowest BCUT2D eigenvalue weighted by atomic mass is 10.3. The first-order valence-electron chi connectivity index (χ1n) is 7.11. The number of nitrogens with one attached hydrogen (secondary N) is 1. The standard InChI is InChI=1S/C14H24N2O4/c1-4-7-16(9-13(18)20-3)12(17)5-6-15-14(19)11-8-10(11)2/h10-11H,4-9H2,1-3H3,(H,15,19). The number of amides is 2. The Morgan fingerprint density at radius 1 is 1.35 bits per heavy atom. The Labute approximate surface area is 119 Å². The van der Waals surface area contributed by atoms with Gasteiger partial charge in [-0.3, -0.25) is 14.4 Å². The van der Waals surface area contributed by atoms with E-state index in [1.807, 2.05) is 13.8 Å². The first-order chi connectivity index (χ1) is 9.49. The van der Waals surface area contributed by atoms with Gasteiger partial charge in [-0.1, -0.05) is 13.8 Å². The van der Waals surface area contributed by atoms with Gasteiger partial charge in [-0.15, -0.1) is 0 Å². The normalized spacial score (nSPS) is 20.1. The van der Waals surface area contributed by atoms with E-state index in [9.17, 15) is 14.4 Å². The van der Waals surface area contributed by atoms with Crippen LogP contribution in [-0.4, -0.2) is 49.4 Å². The summed E-state index contributed by atoms with van der Waals surface area (Å²) in [7, 11) is 1.30. The van der Waals surface area contributed by atoms with Crippen LogP contribution in [0.2, 0.25) is 0 Å². The number of hydrogen-bond donors (Lipinski definition) is 1. The van der Waals surface area contributed by atoms with Crippen molar-refractivity contribution in [3.05, 3.63) is 0 Å². The largest absolute Gasteiger partial charge is 0.468 e. The second-order valence-electron chi connectivity index (χ2n) is 5.25. The maximum Gasteiger partial charge on any atom is 0.325 e. The molecule has 2 amide bonds. The molecule has 2 unspecified atom stereocenters. The Balaban J connectivity index is 2.30. The smallest absolute Gasteiger partial charge is 0.325 e. The number of hydrogen-bond acceptors (Lipinski definition) is 4. The van der Waals surface area contributed by atoms with Crippen LogP contribution in [0.25, 0.3) is 0 Å². The summed E-state index contributed by atoms with van der Waals surface area (Å²) in [6.07, 6.45) is 1.92. The van der Waals surface area contributed by atoms with E-state index in [2.05, 4.69) is 10.1 Å². The highest BCUT2D eigenvalue weighted by Gasteiger charge is 2.38. The Kier molecular flexibility index (Phi) is 6.48. The Morgan fingerprint density at radius 2 is 2.00 bits per heavy atom. The summed E-state index contributed by atoms with van der Waals surface area (Å²) < 4.78 is 4.57. The maximum absolute atomic E-state index is 12.0. The zero-order valence-corrected chi connectivity index (χ0v) is 12.5. The van der Waals surface area contributed by atoms with Crippen molar-refractivity contribution in [2.24, 2.45) is 11.8 Å². The molecular formula is C14H24N2O4. The molecule has 0 aliphatic heterocycles. The third kappa shape index (κ3) is 5.19. The Morgan fingerprint density at radius 3 is 2.50 bits per heavy atom. The van der Waals surface area contributed by atoms with Crippen molar-refractivity contribution in [1.29, 1.82) is 0 Å². The molecule has 2 atom stereocenters. The average molecular weight is 284 g/mol. The van der Waals surface area contributed by atoms with Crippen LogP contribution in [-0.2, 0) is 19.1 Å².